The Morgan fingerprint density at radius 1 is 1.13 bits per heavy atom. The normalized spacial score (nSPS) is 15.4. The van der Waals surface area contributed by atoms with E-state index in [1.165, 1.54) is 17.0 Å². The molecule has 0 radical (unpaired) electrons. The molecule has 1 saturated heterocycles. The van der Waals surface area contributed by atoms with Crippen LogP contribution in [-0.2, 0) is 20.8 Å². The number of piperazine rings is 1. The minimum Gasteiger partial charge on any atom is -0.491 e. The van der Waals surface area contributed by atoms with Crippen molar-refractivity contribution in [3.05, 3.63) is 47.8 Å². The zero-order valence-corrected chi connectivity index (χ0v) is 17.0. The van der Waals surface area contributed by atoms with Crippen LogP contribution in [0.1, 0.15) is 12.5 Å². The molecule has 2 aliphatic heterocycles. The lowest BCUT2D eigenvalue weighted by atomic mass is 10.1. The number of ether oxygens (including phenoxy) is 2. The molecule has 1 fully saturated rings. The lowest BCUT2D eigenvalue weighted by Crippen LogP contribution is -2.51. The highest BCUT2D eigenvalue weighted by Crippen LogP contribution is 2.29. The smallest absolute Gasteiger partial charge is 0.315 e. The molecular weight excluding hydrogens is 405 g/mol. The topological polar surface area (TPSA) is 88.2 Å². The largest absolute Gasteiger partial charge is 0.491 e. The molecule has 31 heavy (non-hydrogen) atoms. The van der Waals surface area contributed by atoms with Gasteiger partial charge in [-0.25, -0.2) is 4.39 Å². The zero-order valence-electron chi connectivity index (χ0n) is 17.0. The standard InChI is InChI=1S/C22H22FN3O5/c1-2-30-18-6-5-16(13-17(18)23)25-7-9-26(10-8-25)22(29)21(28)24-15-4-3-14-11-20(27)31-19(14)12-15/h3-6,12-13H,2,7-11H2,1H3,(H,24,28). The molecule has 2 heterocycles. The Bertz CT molecular complexity index is 1030. The number of benzene rings is 2. The third-order valence-corrected chi connectivity index (χ3v) is 5.23. The fourth-order valence-corrected chi connectivity index (χ4v) is 3.64. The molecule has 1 N–H and O–H groups in total. The summed E-state index contributed by atoms with van der Waals surface area (Å²) < 4.78 is 24.4. The molecule has 2 aromatic carbocycles. The van der Waals surface area contributed by atoms with E-state index in [4.69, 9.17) is 9.47 Å². The van der Waals surface area contributed by atoms with Crippen LogP contribution in [0.2, 0.25) is 0 Å². The molecule has 0 atom stereocenters. The molecule has 162 valence electrons. The van der Waals surface area contributed by atoms with Crippen molar-refractivity contribution in [3.8, 4) is 11.5 Å². The van der Waals surface area contributed by atoms with Gasteiger partial charge in [0.1, 0.15) is 5.75 Å². The second-order valence-electron chi connectivity index (χ2n) is 7.25. The number of halogens is 1. The van der Waals surface area contributed by atoms with Crippen molar-refractivity contribution in [3.63, 3.8) is 0 Å². The minimum atomic E-state index is -0.759. The Morgan fingerprint density at radius 2 is 1.90 bits per heavy atom. The molecule has 0 unspecified atom stereocenters. The average Bonchev–Trinajstić information content (AvgIpc) is 3.14. The number of nitrogens with zero attached hydrogens (tertiary/aromatic N) is 2. The molecule has 8 nitrogen and oxygen atoms in total. The van der Waals surface area contributed by atoms with Gasteiger partial charge < -0.3 is 24.6 Å². The van der Waals surface area contributed by atoms with E-state index in [0.29, 0.717) is 49.9 Å². The first-order valence-electron chi connectivity index (χ1n) is 10.1. The molecule has 2 aromatic rings. The zero-order chi connectivity index (χ0) is 22.0. The third-order valence-electron chi connectivity index (χ3n) is 5.23. The van der Waals surface area contributed by atoms with Gasteiger partial charge in [0.15, 0.2) is 11.6 Å². The second-order valence-corrected chi connectivity index (χ2v) is 7.25. The van der Waals surface area contributed by atoms with Crippen molar-refractivity contribution in [2.45, 2.75) is 13.3 Å². The number of nitrogens with one attached hydrogen (secondary N) is 1. The van der Waals surface area contributed by atoms with Crippen LogP contribution in [0.3, 0.4) is 0 Å². The first-order chi connectivity index (χ1) is 14.9. The van der Waals surface area contributed by atoms with Gasteiger partial charge in [-0.2, -0.15) is 0 Å². The van der Waals surface area contributed by atoms with Crippen LogP contribution >= 0.6 is 0 Å². The molecule has 0 bridgehead atoms. The predicted molar refractivity (Wildman–Crippen MR) is 111 cm³/mol. The number of fused-ring (bicyclic) bond motifs is 1. The maximum atomic E-state index is 14.1. The summed E-state index contributed by atoms with van der Waals surface area (Å²) in [5.41, 5.74) is 1.83. The molecule has 0 aromatic heterocycles. The lowest BCUT2D eigenvalue weighted by molar-refractivity contribution is -0.143. The van der Waals surface area contributed by atoms with Gasteiger partial charge >= 0.3 is 17.8 Å². The van der Waals surface area contributed by atoms with E-state index in [0.717, 1.165) is 5.56 Å². The molecule has 0 spiro atoms. The monoisotopic (exact) mass is 427 g/mol. The molecular formula is C22H22FN3O5. The van der Waals surface area contributed by atoms with E-state index in [2.05, 4.69) is 5.32 Å². The SMILES string of the molecule is CCOc1ccc(N2CCN(C(=O)C(=O)Nc3ccc4c(c3)OC(=O)C4)CC2)cc1F. The number of amides is 2. The minimum absolute atomic E-state index is 0.199. The Kier molecular flexibility index (Phi) is 5.75. The van der Waals surface area contributed by atoms with Crippen molar-refractivity contribution < 1.29 is 28.2 Å². The van der Waals surface area contributed by atoms with Crippen molar-refractivity contribution in [1.29, 1.82) is 0 Å². The number of hydrogen-bond acceptors (Lipinski definition) is 6. The van der Waals surface area contributed by atoms with Gasteiger partial charge in [-0.3, -0.25) is 14.4 Å². The highest BCUT2D eigenvalue weighted by molar-refractivity contribution is 6.39. The first kappa shape index (κ1) is 20.6. The van der Waals surface area contributed by atoms with E-state index < -0.39 is 17.6 Å². The maximum Gasteiger partial charge on any atom is 0.315 e. The van der Waals surface area contributed by atoms with E-state index in [1.54, 1.807) is 31.2 Å². The molecule has 4 rings (SSSR count). The predicted octanol–water partition coefficient (Wildman–Crippen LogP) is 1.97. The fraction of sp³-hybridized carbons (Fsp3) is 0.318. The van der Waals surface area contributed by atoms with E-state index in [-0.39, 0.29) is 18.1 Å². The molecule has 0 aliphatic carbocycles. The number of carbonyl (C=O) groups excluding carboxylic acids is 3. The van der Waals surface area contributed by atoms with Crippen molar-refractivity contribution in [2.24, 2.45) is 0 Å². The Hall–Kier alpha value is -3.62. The van der Waals surface area contributed by atoms with Crippen LogP contribution in [0.25, 0.3) is 0 Å². The first-order valence-corrected chi connectivity index (χ1v) is 10.1. The van der Waals surface area contributed by atoms with E-state index >= 15 is 0 Å². The fourth-order valence-electron chi connectivity index (χ4n) is 3.64. The summed E-state index contributed by atoms with van der Waals surface area (Å²) in [7, 11) is 0. The quantitative estimate of drug-likeness (QED) is 0.456. The van der Waals surface area contributed by atoms with E-state index in [9.17, 15) is 18.8 Å². The molecule has 0 saturated carbocycles. The van der Waals surface area contributed by atoms with Crippen LogP contribution in [0.4, 0.5) is 15.8 Å². The highest BCUT2D eigenvalue weighted by atomic mass is 19.1. The van der Waals surface area contributed by atoms with Gasteiger partial charge in [0.2, 0.25) is 0 Å². The summed E-state index contributed by atoms with van der Waals surface area (Å²) in [6, 6.07) is 9.63. The Labute approximate surface area is 178 Å². The van der Waals surface area contributed by atoms with Gasteiger partial charge in [0.05, 0.1) is 13.0 Å². The number of anilines is 2. The van der Waals surface area contributed by atoms with E-state index in [1.807, 2.05) is 4.90 Å². The van der Waals surface area contributed by atoms with Crippen molar-refractivity contribution in [2.75, 3.05) is 43.0 Å². The maximum absolute atomic E-state index is 14.1. The summed E-state index contributed by atoms with van der Waals surface area (Å²) in [5, 5.41) is 2.55. The summed E-state index contributed by atoms with van der Waals surface area (Å²) >= 11 is 0. The van der Waals surface area contributed by atoms with Gasteiger partial charge in [0, 0.05) is 55.2 Å². The van der Waals surface area contributed by atoms with Gasteiger partial charge in [-0.1, -0.05) is 6.07 Å². The van der Waals surface area contributed by atoms with Crippen LogP contribution in [-0.4, -0.2) is 55.5 Å². The Morgan fingerprint density at radius 3 is 2.61 bits per heavy atom. The molecule has 2 aliphatic rings. The van der Waals surface area contributed by atoms with Crippen LogP contribution in [0.5, 0.6) is 11.5 Å². The van der Waals surface area contributed by atoms with Crippen LogP contribution in [0.15, 0.2) is 36.4 Å². The average molecular weight is 427 g/mol. The summed E-state index contributed by atoms with van der Waals surface area (Å²) in [4.78, 5) is 39.7. The number of hydrogen-bond donors (Lipinski definition) is 1. The highest BCUT2D eigenvalue weighted by Gasteiger charge is 2.27. The third kappa shape index (κ3) is 4.45. The van der Waals surface area contributed by atoms with Crippen LogP contribution < -0.4 is 19.7 Å². The molecule has 2 amide bonds. The molecule has 9 heteroatoms. The van der Waals surface area contributed by atoms with Gasteiger partial charge in [-0.05, 0) is 25.1 Å². The second kappa shape index (κ2) is 8.63. The lowest BCUT2D eigenvalue weighted by Gasteiger charge is -2.35. The van der Waals surface area contributed by atoms with Crippen LogP contribution in [0, 0.1) is 5.82 Å². The summed E-state index contributed by atoms with van der Waals surface area (Å²) in [6.45, 7) is 3.79. The van der Waals surface area contributed by atoms with Gasteiger partial charge in [0.25, 0.3) is 0 Å². The number of rotatable bonds is 4. The number of carbonyl (C=O) groups is 3. The van der Waals surface area contributed by atoms with Crippen molar-refractivity contribution in [1.82, 2.24) is 4.90 Å². The Balaban J connectivity index is 1.33. The van der Waals surface area contributed by atoms with Gasteiger partial charge in [-0.15, -0.1) is 0 Å². The summed E-state index contributed by atoms with van der Waals surface area (Å²) in [6.07, 6.45) is 0.199. The number of esters is 1. The van der Waals surface area contributed by atoms with Crippen molar-refractivity contribution >= 4 is 29.2 Å². The summed E-state index contributed by atoms with van der Waals surface area (Å²) in [5.74, 6) is -1.58.